The lowest BCUT2D eigenvalue weighted by atomic mass is 10.3. The van der Waals surface area contributed by atoms with Crippen molar-refractivity contribution in [2.45, 2.75) is 10.9 Å². The van der Waals surface area contributed by atoms with Gasteiger partial charge in [0.2, 0.25) is 5.82 Å². The summed E-state index contributed by atoms with van der Waals surface area (Å²) in [7, 11) is 0. The van der Waals surface area contributed by atoms with Crippen LogP contribution < -0.4 is 5.32 Å². The highest BCUT2D eigenvalue weighted by molar-refractivity contribution is 7.98. The van der Waals surface area contributed by atoms with E-state index in [2.05, 4.69) is 20.5 Å². The largest absolute Gasteiger partial charge is 0.461 e. The number of nitrogens with zero attached hydrogens (tertiary/aromatic N) is 4. The molecule has 0 radical (unpaired) electrons. The number of rotatable bonds is 7. The van der Waals surface area contributed by atoms with Crippen molar-refractivity contribution in [2.24, 2.45) is 0 Å². The number of aromatic nitrogens is 4. The number of carbonyl (C=O) groups is 1. The van der Waals surface area contributed by atoms with Gasteiger partial charge in [-0.25, -0.2) is 13.8 Å². The minimum atomic E-state index is -0.381. The van der Waals surface area contributed by atoms with Crippen LogP contribution in [-0.4, -0.2) is 25.7 Å². The molecule has 0 aliphatic rings. The van der Waals surface area contributed by atoms with Crippen LogP contribution in [0.3, 0.4) is 0 Å². The fourth-order valence-electron chi connectivity index (χ4n) is 3.09. The normalized spacial score (nSPS) is 11.0. The minimum Gasteiger partial charge on any atom is -0.461 e. The molecule has 170 valence electrons. The minimum absolute atomic E-state index is 0.265. The molecule has 11 heteroatoms. The summed E-state index contributed by atoms with van der Waals surface area (Å²) in [6.45, 7) is 0. The van der Waals surface area contributed by atoms with Crippen LogP contribution in [0.2, 0.25) is 0 Å². The quantitative estimate of drug-likeness (QED) is 0.287. The number of carbonyl (C=O) groups excluding carboxylic acids is 1. The first-order valence-electron chi connectivity index (χ1n) is 9.96. The van der Waals surface area contributed by atoms with Crippen LogP contribution in [0.15, 0.2) is 81.9 Å². The highest BCUT2D eigenvalue weighted by atomic mass is 32.2. The Bertz CT molecular complexity index is 1410. The van der Waals surface area contributed by atoms with Gasteiger partial charge in [-0.1, -0.05) is 11.8 Å². The van der Waals surface area contributed by atoms with Crippen LogP contribution in [-0.2, 0) is 5.75 Å². The zero-order valence-electron chi connectivity index (χ0n) is 17.3. The van der Waals surface area contributed by atoms with Crippen molar-refractivity contribution in [3.05, 3.63) is 94.6 Å². The third-order valence-corrected chi connectivity index (χ3v) is 6.64. The van der Waals surface area contributed by atoms with Gasteiger partial charge >= 0.3 is 0 Å². The number of furan rings is 1. The zero-order chi connectivity index (χ0) is 23.5. The van der Waals surface area contributed by atoms with Crippen molar-refractivity contribution in [3.8, 4) is 17.3 Å². The first-order valence-corrected chi connectivity index (χ1v) is 11.8. The molecule has 2 aromatic carbocycles. The Morgan fingerprint density at radius 2 is 1.76 bits per heavy atom. The van der Waals surface area contributed by atoms with E-state index in [4.69, 9.17) is 4.42 Å². The van der Waals surface area contributed by atoms with Crippen molar-refractivity contribution >= 4 is 34.7 Å². The predicted octanol–water partition coefficient (Wildman–Crippen LogP) is 5.81. The van der Waals surface area contributed by atoms with Crippen LogP contribution in [0, 0.1) is 11.6 Å². The fraction of sp³-hybridized carbons (Fsp3) is 0.0435. The SMILES string of the molecule is O=C(Nc1ccc(F)cc1)c1csc(CSc2nnc(-c3ccco3)n2-c2ccc(F)cc2)n1. The van der Waals surface area contributed by atoms with Gasteiger partial charge in [0.05, 0.1) is 17.7 Å². The molecule has 5 rings (SSSR count). The summed E-state index contributed by atoms with van der Waals surface area (Å²) >= 11 is 2.72. The van der Waals surface area contributed by atoms with Gasteiger partial charge in [-0.2, -0.15) is 0 Å². The molecule has 0 aliphatic carbocycles. The topological polar surface area (TPSA) is 85.8 Å². The molecule has 0 saturated heterocycles. The lowest BCUT2D eigenvalue weighted by Crippen LogP contribution is -2.12. The molecule has 3 aromatic heterocycles. The third-order valence-electron chi connectivity index (χ3n) is 4.67. The second-order valence-electron chi connectivity index (χ2n) is 6.97. The van der Waals surface area contributed by atoms with Crippen molar-refractivity contribution < 1.29 is 18.0 Å². The number of benzene rings is 2. The Morgan fingerprint density at radius 1 is 1.03 bits per heavy atom. The number of amides is 1. The average Bonchev–Trinajstić information content (AvgIpc) is 3.60. The molecule has 5 aromatic rings. The van der Waals surface area contributed by atoms with Gasteiger partial charge in [-0.05, 0) is 60.7 Å². The van der Waals surface area contributed by atoms with Gasteiger partial charge in [0.15, 0.2) is 10.9 Å². The number of halogens is 2. The van der Waals surface area contributed by atoms with Crippen LogP contribution in [0.4, 0.5) is 14.5 Å². The summed E-state index contributed by atoms with van der Waals surface area (Å²) in [6, 6.07) is 15.0. The van der Waals surface area contributed by atoms with Gasteiger partial charge in [-0.3, -0.25) is 9.36 Å². The molecule has 3 heterocycles. The van der Waals surface area contributed by atoms with E-state index in [9.17, 15) is 13.6 Å². The van der Waals surface area contributed by atoms with E-state index in [1.165, 1.54) is 59.5 Å². The maximum atomic E-state index is 13.5. The average molecular weight is 496 g/mol. The summed E-state index contributed by atoms with van der Waals surface area (Å²) in [5.41, 5.74) is 1.42. The van der Waals surface area contributed by atoms with E-state index in [1.54, 1.807) is 40.5 Å². The Labute approximate surface area is 200 Å². The fourth-order valence-corrected chi connectivity index (χ4v) is 4.83. The van der Waals surface area contributed by atoms with Gasteiger partial charge in [-0.15, -0.1) is 21.5 Å². The number of hydrogen-bond donors (Lipinski definition) is 1. The molecule has 34 heavy (non-hydrogen) atoms. The predicted molar refractivity (Wildman–Crippen MR) is 125 cm³/mol. The number of hydrogen-bond acceptors (Lipinski definition) is 7. The Balaban J connectivity index is 1.34. The monoisotopic (exact) mass is 495 g/mol. The summed E-state index contributed by atoms with van der Waals surface area (Å²) in [6.07, 6.45) is 1.54. The Hall–Kier alpha value is -3.83. The summed E-state index contributed by atoms with van der Waals surface area (Å²) < 4.78 is 33.8. The van der Waals surface area contributed by atoms with E-state index in [-0.39, 0.29) is 23.2 Å². The lowest BCUT2D eigenvalue weighted by molar-refractivity contribution is 0.102. The molecule has 0 unspecified atom stereocenters. The highest BCUT2D eigenvalue weighted by Gasteiger charge is 2.19. The van der Waals surface area contributed by atoms with Crippen molar-refractivity contribution in [3.63, 3.8) is 0 Å². The third kappa shape index (κ3) is 4.75. The molecule has 0 bridgehead atoms. The van der Waals surface area contributed by atoms with Crippen LogP contribution in [0.25, 0.3) is 17.3 Å². The zero-order valence-corrected chi connectivity index (χ0v) is 18.9. The second kappa shape index (κ2) is 9.57. The lowest BCUT2D eigenvalue weighted by Gasteiger charge is -2.08. The van der Waals surface area contributed by atoms with Crippen molar-refractivity contribution in [2.75, 3.05) is 5.32 Å². The van der Waals surface area contributed by atoms with Crippen molar-refractivity contribution in [1.82, 2.24) is 19.7 Å². The number of thioether (sulfide) groups is 1. The molecule has 0 atom stereocenters. The molecule has 0 fully saturated rings. The molecule has 1 amide bonds. The first kappa shape index (κ1) is 22.0. The Morgan fingerprint density at radius 3 is 2.47 bits per heavy atom. The van der Waals surface area contributed by atoms with E-state index in [0.717, 1.165) is 0 Å². The van der Waals surface area contributed by atoms with Crippen LogP contribution in [0.1, 0.15) is 15.5 Å². The molecule has 0 saturated carbocycles. The standard InChI is InChI=1S/C23H15F2N5O2S2/c24-14-3-7-16(8-4-14)26-22(31)18-12-33-20(27-18)13-34-23-29-28-21(19-2-1-11-32-19)30(23)17-9-5-15(25)6-10-17/h1-12H,13H2,(H,26,31). The van der Waals surface area contributed by atoms with E-state index < -0.39 is 0 Å². The first-order chi connectivity index (χ1) is 16.6. The summed E-state index contributed by atoms with van der Waals surface area (Å²) in [4.78, 5) is 16.8. The molecule has 1 N–H and O–H groups in total. The molecule has 7 nitrogen and oxygen atoms in total. The summed E-state index contributed by atoms with van der Waals surface area (Å²) in [5.74, 6) is 0.338. The highest BCUT2D eigenvalue weighted by Crippen LogP contribution is 2.30. The van der Waals surface area contributed by atoms with Crippen molar-refractivity contribution in [1.29, 1.82) is 0 Å². The van der Waals surface area contributed by atoms with Crippen LogP contribution in [0.5, 0.6) is 0 Å². The number of anilines is 1. The maximum Gasteiger partial charge on any atom is 0.275 e. The molecular weight excluding hydrogens is 480 g/mol. The molecule has 0 spiro atoms. The van der Waals surface area contributed by atoms with Gasteiger partial charge in [0, 0.05) is 11.1 Å². The van der Waals surface area contributed by atoms with Gasteiger partial charge in [0.1, 0.15) is 22.3 Å². The number of nitrogens with one attached hydrogen (secondary N) is 1. The summed E-state index contributed by atoms with van der Waals surface area (Å²) in [5, 5.41) is 14.2. The van der Waals surface area contributed by atoms with E-state index in [1.807, 2.05) is 0 Å². The molecule has 0 aliphatic heterocycles. The second-order valence-corrected chi connectivity index (χ2v) is 8.86. The molecular formula is C23H15F2N5O2S2. The smallest absolute Gasteiger partial charge is 0.275 e. The number of thiazole rings is 1. The van der Waals surface area contributed by atoms with E-state index in [0.29, 0.717) is 38.9 Å². The van der Waals surface area contributed by atoms with Gasteiger partial charge < -0.3 is 9.73 Å². The Kier molecular flexibility index (Phi) is 6.19. The van der Waals surface area contributed by atoms with Crippen LogP contribution >= 0.6 is 23.1 Å². The van der Waals surface area contributed by atoms with E-state index >= 15 is 0 Å². The van der Waals surface area contributed by atoms with Gasteiger partial charge in [0.25, 0.3) is 5.91 Å². The maximum absolute atomic E-state index is 13.5.